The molecule has 1 aromatic heterocycles. The number of para-hydroxylation sites is 1. The summed E-state index contributed by atoms with van der Waals surface area (Å²) >= 11 is 0. The van der Waals surface area contributed by atoms with Crippen LogP contribution < -0.4 is 5.32 Å². The van der Waals surface area contributed by atoms with Crippen LogP contribution in [0.2, 0.25) is 0 Å². The number of fused-ring (bicyclic) bond motifs is 3. The van der Waals surface area contributed by atoms with Crippen molar-refractivity contribution in [1.82, 2.24) is 9.88 Å². The molecule has 1 unspecified atom stereocenters. The highest BCUT2D eigenvalue weighted by Crippen LogP contribution is 2.45. The molecule has 6 nitrogen and oxygen atoms in total. The predicted octanol–water partition coefficient (Wildman–Crippen LogP) is 4.32. The van der Waals surface area contributed by atoms with Crippen LogP contribution in [0.1, 0.15) is 45.4 Å². The van der Waals surface area contributed by atoms with Gasteiger partial charge in [0.1, 0.15) is 0 Å². The van der Waals surface area contributed by atoms with Gasteiger partial charge in [0, 0.05) is 36.4 Å². The number of pyridine rings is 1. The molecule has 3 aliphatic carbocycles. The fourth-order valence-corrected chi connectivity index (χ4v) is 5.87. The van der Waals surface area contributed by atoms with Crippen LogP contribution in [0, 0.1) is 23.7 Å². The number of carbonyl (C=O) groups is 3. The number of hydrogen-bond acceptors (Lipinski definition) is 4. The van der Waals surface area contributed by atoms with Gasteiger partial charge in [-0.15, -0.1) is 0 Å². The lowest BCUT2D eigenvalue weighted by Crippen LogP contribution is -2.49. The molecule has 166 valence electrons. The molecule has 6 heteroatoms. The Morgan fingerprint density at radius 1 is 1.00 bits per heavy atom. The van der Waals surface area contributed by atoms with Crippen molar-refractivity contribution in [1.29, 1.82) is 0 Å². The van der Waals surface area contributed by atoms with E-state index < -0.39 is 0 Å². The summed E-state index contributed by atoms with van der Waals surface area (Å²) in [6, 6.07) is 9.51. The van der Waals surface area contributed by atoms with E-state index in [2.05, 4.69) is 22.5 Å². The van der Waals surface area contributed by atoms with Gasteiger partial charge in [-0.05, 0) is 62.5 Å². The second-order valence-electron chi connectivity index (χ2n) is 9.49. The Balaban J connectivity index is 1.22. The molecule has 1 heterocycles. The third kappa shape index (κ3) is 3.83. The summed E-state index contributed by atoms with van der Waals surface area (Å²) in [5, 5.41) is 4.04. The van der Waals surface area contributed by atoms with Crippen LogP contribution in [-0.4, -0.2) is 33.6 Å². The molecule has 3 aliphatic rings. The van der Waals surface area contributed by atoms with E-state index in [0.29, 0.717) is 31.6 Å². The van der Waals surface area contributed by atoms with Gasteiger partial charge in [0.15, 0.2) is 0 Å². The highest BCUT2D eigenvalue weighted by atomic mass is 16.2. The molecule has 5 rings (SSSR count). The van der Waals surface area contributed by atoms with Gasteiger partial charge < -0.3 is 5.32 Å². The summed E-state index contributed by atoms with van der Waals surface area (Å²) in [6.07, 6.45) is 10.7. The third-order valence-electron chi connectivity index (χ3n) is 7.50. The Hall–Kier alpha value is -3.02. The number of rotatable bonds is 4. The second kappa shape index (κ2) is 8.49. The third-order valence-corrected chi connectivity index (χ3v) is 7.50. The van der Waals surface area contributed by atoms with Gasteiger partial charge in [0.2, 0.25) is 17.7 Å². The van der Waals surface area contributed by atoms with Crippen LogP contribution in [0.25, 0.3) is 10.9 Å². The summed E-state index contributed by atoms with van der Waals surface area (Å²) in [5.41, 5.74) is 1.51. The van der Waals surface area contributed by atoms with Crippen LogP contribution in [-0.2, 0) is 14.4 Å². The second-order valence-corrected chi connectivity index (χ2v) is 9.49. The first-order valence-corrected chi connectivity index (χ1v) is 11.7. The average Bonchev–Trinajstić information content (AvgIpc) is 3.43. The van der Waals surface area contributed by atoms with Crippen molar-refractivity contribution in [3.63, 3.8) is 0 Å². The van der Waals surface area contributed by atoms with Crippen LogP contribution in [0.15, 0.2) is 48.7 Å². The maximum atomic E-state index is 13.2. The summed E-state index contributed by atoms with van der Waals surface area (Å²) in [4.78, 5) is 44.6. The number of nitrogens with one attached hydrogen (secondary N) is 1. The molecular weight excluding hydrogens is 402 g/mol. The fourth-order valence-electron chi connectivity index (χ4n) is 5.87. The number of nitrogens with zero attached hydrogens (tertiary/aromatic N) is 2. The monoisotopic (exact) mass is 431 g/mol. The first-order valence-electron chi connectivity index (χ1n) is 11.7. The Bertz CT molecular complexity index is 1080. The molecule has 2 fully saturated rings. The maximum absolute atomic E-state index is 13.2. The minimum Gasteiger partial charge on any atom is -0.324 e. The Morgan fingerprint density at radius 2 is 1.78 bits per heavy atom. The molecule has 3 amide bonds. The molecule has 1 aromatic carbocycles. The van der Waals surface area contributed by atoms with E-state index >= 15 is 0 Å². The van der Waals surface area contributed by atoms with Crippen molar-refractivity contribution in [2.45, 2.75) is 51.5 Å². The molecule has 0 radical (unpaired) electrons. The highest BCUT2D eigenvalue weighted by Gasteiger charge is 2.44. The van der Waals surface area contributed by atoms with Crippen molar-refractivity contribution >= 4 is 34.3 Å². The van der Waals surface area contributed by atoms with Crippen LogP contribution in [0.4, 0.5) is 5.69 Å². The predicted molar refractivity (Wildman–Crippen MR) is 122 cm³/mol. The number of imide groups is 1. The minimum absolute atomic E-state index is 0.0101. The number of hydrogen-bond donors (Lipinski definition) is 1. The summed E-state index contributed by atoms with van der Waals surface area (Å²) in [5.74, 6) is 0.394. The van der Waals surface area contributed by atoms with E-state index in [-0.39, 0.29) is 41.5 Å². The number of anilines is 1. The zero-order valence-electron chi connectivity index (χ0n) is 18.4. The van der Waals surface area contributed by atoms with E-state index in [9.17, 15) is 14.4 Å². The Labute approximate surface area is 188 Å². The number of amides is 3. The van der Waals surface area contributed by atoms with E-state index in [0.717, 1.165) is 29.4 Å². The van der Waals surface area contributed by atoms with Crippen LogP contribution in [0.3, 0.4) is 0 Å². The molecule has 2 bridgehead atoms. The molecule has 32 heavy (non-hydrogen) atoms. The van der Waals surface area contributed by atoms with Crippen molar-refractivity contribution in [3.05, 3.63) is 48.7 Å². The Kier molecular flexibility index (Phi) is 5.53. The standard InChI is InChI=1S/C26H29N3O3/c1-16(30)29(26(32)22-15-17-7-8-20(22)14-17)21-11-9-19(10-12-21)25(31)28-23-6-2-4-18-5-3-13-27-24(18)23/h2-8,13,17,19-22H,9-12,14-15H2,1H3,(H,28,31)/t17-,19?,20?,21?,22-/m1/s1. The van der Waals surface area contributed by atoms with E-state index in [4.69, 9.17) is 0 Å². The molecular formula is C26H29N3O3. The minimum atomic E-state index is -0.170. The molecule has 0 spiro atoms. The van der Waals surface area contributed by atoms with E-state index in [1.807, 2.05) is 30.3 Å². The van der Waals surface area contributed by atoms with Crippen molar-refractivity contribution in [2.24, 2.45) is 23.7 Å². The van der Waals surface area contributed by atoms with Gasteiger partial charge >= 0.3 is 0 Å². The SMILES string of the molecule is CC(=O)N(C(=O)[C@@H]1C[C@@H]2C=CC1C2)C1CCC(C(=O)Nc2cccc3cccnc23)CC1. The fraction of sp³-hybridized carbons (Fsp3) is 0.462. The number of benzene rings is 1. The first kappa shape index (κ1) is 20.9. The van der Waals surface area contributed by atoms with Crippen LogP contribution in [0.5, 0.6) is 0 Å². The lowest BCUT2D eigenvalue weighted by atomic mass is 9.83. The molecule has 0 aliphatic heterocycles. The zero-order chi connectivity index (χ0) is 22.2. The molecule has 2 saturated carbocycles. The smallest absolute Gasteiger partial charge is 0.233 e. The first-order chi connectivity index (χ1) is 15.5. The van der Waals surface area contributed by atoms with Gasteiger partial charge in [-0.25, -0.2) is 0 Å². The van der Waals surface area contributed by atoms with Crippen molar-refractivity contribution in [2.75, 3.05) is 5.32 Å². The van der Waals surface area contributed by atoms with E-state index in [1.165, 1.54) is 11.8 Å². The highest BCUT2D eigenvalue weighted by molar-refractivity contribution is 6.01. The van der Waals surface area contributed by atoms with Gasteiger partial charge in [-0.3, -0.25) is 24.3 Å². The zero-order valence-corrected chi connectivity index (χ0v) is 18.4. The van der Waals surface area contributed by atoms with Gasteiger partial charge in [0.25, 0.3) is 0 Å². The topological polar surface area (TPSA) is 79.4 Å². The quantitative estimate of drug-likeness (QED) is 0.731. The van der Waals surface area contributed by atoms with Gasteiger partial charge in [-0.2, -0.15) is 0 Å². The summed E-state index contributed by atoms with van der Waals surface area (Å²) in [7, 11) is 0. The lowest BCUT2D eigenvalue weighted by Gasteiger charge is -2.36. The van der Waals surface area contributed by atoms with Crippen molar-refractivity contribution < 1.29 is 14.4 Å². The average molecular weight is 432 g/mol. The summed E-state index contributed by atoms with van der Waals surface area (Å²) in [6.45, 7) is 1.49. The number of carbonyl (C=O) groups excluding carboxylic acids is 3. The molecule has 2 aromatic rings. The van der Waals surface area contributed by atoms with Gasteiger partial charge in [0.05, 0.1) is 11.2 Å². The van der Waals surface area contributed by atoms with Crippen LogP contribution >= 0.6 is 0 Å². The molecule has 3 atom stereocenters. The summed E-state index contributed by atoms with van der Waals surface area (Å²) < 4.78 is 0. The Morgan fingerprint density at radius 3 is 2.47 bits per heavy atom. The molecule has 1 N–H and O–H groups in total. The largest absolute Gasteiger partial charge is 0.324 e. The number of allylic oxidation sites excluding steroid dienone is 2. The van der Waals surface area contributed by atoms with E-state index in [1.54, 1.807) is 6.20 Å². The van der Waals surface area contributed by atoms with Crippen molar-refractivity contribution in [3.8, 4) is 0 Å². The number of aromatic nitrogens is 1. The lowest BCUT2D eigenvalue weighted by molar-refractivity contribution is -0.150. The molecule has 0 saturated heterocycles. The maximum Gasteiger partial charge on any atom is 0.233 e. The normalized spacial score (nSPS) is 28.6. The van der Waals surface area contributed by atoms with Gasteiger partial charge in [-0.1, -0.05) is 30.4 Å².